The molecule has 2 atom stereocenters. The van der Waals surface area contributed by atoms with E-state index in [2.05, 4.69) is 49.3 Å². The van der Waals surface area contributed by atoms with Crippen LogP contribution in [0.1, 0.15) is 112 Å². The largest absolute Gasteiger partial charge is 0.301 e. The molecule has 0 aromatic rings. The van der Waals surface area contributed by atoms with Crippen LogP contribution >= 0.6 is 0 Å². The van der Waals surface area contributed by atoms with Gasteiger partial charge in [0.05, 0.1) is 0 Å². The van der Waals surface area contributed by atoms with Crippen molar-refractivity contribution in [1.82, 2.24) is 14.7 Å². The zero-order valence-corrected chi connectivity index (χ0v) is 22.1. The van der Waals surface area contributed by atoms with Crippen LogP contribution in [0.2, 0.25) is 0 Å². The molecule has 0 bridgehead atoms. The number of rotatable bonds is 15. The molecule has 2 rings (SSSR count). The Balaban J connectivity index is 1.71. The Kier molecular flexibility index (Phi) is 13.7. The lowest BCUT2D eigenvalue weighted by molar-refractivity contribution is 0.128. The summed E-state index contributed by atoms with van der Waals surface area (Å²) in [5, 5.41) is 0. The summed E-state index contributed by atoms with van der Waals surface area (Å²) in [6.45, 7) is 20.6. The van der Waals surface area contributed by atoms with Crippen LogP contribution in [0, 0.1) is 11.8 Å². The van der Waals surface area contributed by atoms with Crippen molar-refractivity contribution in [3.8, 4) is 0 Å². The van der Waals surface area contributed by atoms with Crippen molar-refractivity contribution >= 4 is 0 Å². The van der Waals surface area contributed by atoms with Gasteiger partial charge in [-0.15, -0.1) is 0 Å². The van der Waals surface area contributed by atoms with E-state index in [0.717, 1.165) is 23.9 Å². The van der Waals surface area contributed by atoms with E-state index >= 15 is 0 Å². The van der Waals surface area contributed by atoms with E-state index in [1.54, 1.807) is 0 Å². The number of hydrogen-bond donors (Lipinski definition) is 0. The number of likely N-dealkylation sites (N-methyl/N-ethyl adjacent to an activating group) is 3. The molecule has 2 fully saturated rings. The van der Waals surface area contributed by atoms with Crippen molar-refractivity contribution < 1.29 is 0 Å². The highest BCUT2D eigenvalue weighted by Gasteiger charge is 2.22. The molecule has 184 valence electrons. The van der Waals surface area contributed by atoms with Crippen LogP contribution in [0.3, 0.4) is 0 Å². The van der Waals surface area contributed by atoms with Gasteiger partial charge in [-0.05, 0) is 58.2 Å². The molecule has 0 saturated heterocycles. The molecule has 2 aliphatic carbocycles. The van der Waals surface area contributed by atoms with Crippen LogP contribution in [-0.2, 0) is 0 Å². The monoisotopic (exact) mass is 435 g/mol. The summed E-state index contributed by atoms with van der Waals surface area (Å²) >= 11 is 0. The predicted octanol–water partition coefficient (Wildman–Crippen LogP) is 6.67. The summed E-state index contributed by atoms with van der Waals surface area (Å²) in [5.41, 5.74) is 0. The third kappa shape index (κ3) is 10.1. The standard InChI is InChI=1S/C28H57N3/c1-6-29(19-21-30(7-2)25(4)23-27-15-11-9-12-16-27)20-22-31(8-3)26(5)24-28-17-13-10-14-18-28/h25-28H,6-24H2,1-5H3/t25-,26-/m1/s1. The summed E-state index contributed by atoms with van der Waals surface area (Å²) in [6.07, 6.45) is 17.6. The molecule has 31 heavy (non-hydrogen) atoms. The Morgan fingerprint density at radius 3 is 1.26 bits per heavy atom. The highest BCUT2D eigenvalue weighted by molar-refractivity contribution is 4.77. The van der Waals surface area contributed by atoms with Gasteiger partial charge in [-0.1, -0.05) is 85.0 Å². The van der Waals surface area contributed by atoms with Gasteiger partial charge in [0, 0.05) is 38.3 Å². The quantitative estimate of drug-likeness (QED) is 0.284. The Labute approximate surface area is 196 Å². The molecular weight excluding hydrogens is 378 g/mol. The summed E-state index contributed by atoms with van der Waals surface area (Å²) in [6, 6.07) is 1.49. The number of hydrogen-bond acceptors (Lipinski definition) is 3. The van der Waals surface area contributed by atoms with Crippen molar-refractivity contribution in [1.29, 1.82) is 0 Å². The fourth-order valence-corrected chi connectivity index (χ4v) is 6.46. The lowest BCUT2D eigenvalue weighted by atomic mass is 9.85. The molecule has 0 aromatic carbocycles. The fraction of sp³-hybridized carbons (Fsp3) is 1.00. The molecule has 0 amide bonds. The SMILES string of the molecule is CCN(CCN(CC)[C@H](C)CC1CCCCC1)CCN(CC)[C@H](C)CC1CCCCC1. The van der Waals surface area contributed by atoms with Crippen LogP contribution in [-0.4, -0.2) is 72.6 Å². The first-order chi connectivity index (χ1) is 15.1. The van der Waals surface area contributed by atoms with Crippen LogP contribution in [0.4, 0.5) is 0 Å². The first-order valence-electron chi connectivity index (χ1n) is 14.3. The molecule has 0 aliphatic heterocycles. The average molecular weight is 436 g/mol. The second-order valence-electron chi connectivity index (χ2n) is 10.9. The molecule has 0 radical (unpaired) electrons. The van der Waals surface area contributed by atoms with Crippen molar-refractivity contribution in [3.63, 3.8) is 0 Å². The van der Waals surface area contributed by atoms with Crippen LogP contribution in [0.25, 0.3) is 0 Å². The summed E-state index contributed by atoms with van der Waals surface area (Å²) in [7, 11) is 0. The molecule has 0 N–H and O–H groups in total. The van der Waals surface area contributed by atoms with E-state index in [1.165, 1.54) is 123 Å². The van der Waals surface area contributed by atoms with Crippen molar-refractivity contribution in [3.05, 3.63) is 0 Å². The minimum absolute atomic E-state index is 0.745. The lowest BCUT2D eigenvalue weighted by Gasteiger charge is -2.35. The number of nitrogens with zero attached hydrogens (tertiary/aromatic N) is 3. The van der Waals surface area contributed by atoms with Gasteiger partial charge < -0.3 is 4.90 Å². The summed E-state index contributed by atoms with van der Waals surface area (Å²) in [4.78, 5) is 8.20. The van der Waals surface area contributed by atoms with E-state index in [1.807, 2.05) is 0 Å². The first kappa shape index (κ1) is 27.1. The Bertz CT molecular complexity index is 390. The van der Waals surface area contributed by atoms with Crippen LogP contribution in [0.5, 0.6) is 0 Å². The van der Waals surface area contributed by atoms with E-state index in [0.29, 0.717) is 0 Å². The first-order valence-corrected chi connectivity index (χ1v) is 14.3. The van der Waals surface area contributed by atoms with Gasteiger partial charge in [0.15, 0.2) is 0 Å². The fourth-order valence-electron chi connectivity index (χ4n) is 6.46. The van der Waals surface area contributed by atoms with E-state index < -0.39 is 0 Å². The maximum absolute atomic E-state index is 2.75. The highest BCUT2D eigenvalue weighted by atomic mass is 15.2. The maximum atomic E-state index is 2.75. The van der Waals surface area contributed by atoms with Crippen LogP contribution < -0.4 is 0 Å². The molecule has 0 heterocycles. The van der Waals surface area contributed by atoms with E-state index in [4.69, 9.17) is 0 Å². The Hall–Kier alpha value is -0.120. The lowest BCUT2D eigenvalue weighted by Crippen LogP contribution is -2.44. The smallest absolute Gasteiger partial charge is 0.0112 e. The van der Waals surface area contributed by atoms with Crippen molar-refractivity contribution in [2.75, 3.05) is 45.8 Å². The molecule has 2 aliphatic rings. The molecule has 0 unspecified atom stereocenters. The average Bonchev–Trinajstić information content (AvgIpc) is 2.79. The topological polar surface area (TPSA) is 9.72 Å². The molecule has 3 nitrogen and oxygen atoms in total. The van der Waals surface area contributed by atoms with Gasteiger partial charge in [-0.25, -0.2) is 0 Å². The minimum atomic E-state index is 0.745. The molecule has 0 spiro atoms. The molecule has 3 heteroatoms. The highest BCUT2D eigenvalue weighted by Crippen LogP contribution is 2.29. The van der Waals surface area contributed by atoms with E-state index in [-0.39, 0.29) is 0 Å². The Morgan fingerprint density at radius 2 is 0.935 bits per heavy atom. The van der Waals surface area contributed by atoms with E-state index in [9.17, 15) is 0 Å². The van der Waals surface area contributed by atoms with Gasteiger partial charge in [0.2, 0.25) is 0 Å². The molecule has 0 aromatic heterocycles. The van der Waals surface area contributed by atoms with Crippen molar-refractivity contribution in [2.24, 2.45) is 11.8 Å². The normalized spacial score (nSPS) is 21.3. The zero-order valence-electron chi connectivity index (χ0n) is 22.1. The van der Waals surface area contributed by atoms with Gasteiger partial charge in [0.1, 0.15) is 0 Å². The van der Waals surface area contributed by atoms with Gasteiger partial charge in [-0.3, -0.25) is 9.80 Å². The third-order valence-electron chi connectivity index (χ3n) is 8.71. The zero-order chi connectivity index (χ0) is 22.5. The third-order valence-corrected chi connectivity index (χ3v) is 8.71. The predicted molar refractivity (Wildman–Crippen MR) is 138 cm³/mol. The maximum Gasteiger partial charge on any atom is 0.0112 e. The van der Waals surface area contributed by atoms with Crippen molar-refractivity contribution in [2.45, 2.75) is 124 Å². The summed E-state index contributed by atoms with van der Waals surface area (Å²) in [5.74, 6) is 1.98. The second-order valence-corrected chi connectivity index (χ2v) is 10.9. The molecule has 2 saturated carbocycles. The van der Waals surface area contributed by atoms with Gasteiger partial charge in [-0.2, -0.15) is 0 Å². The summed E-state index contributed by atoms with van der Waals surface area (Å²) < 4.78 is 0. The molecular formula is C28H57N3. The van der Waals surface area contributed by atoms with Gasteiger partial charge >= 0.3 is 0 Å². The van der Waals surface area contributed by atoms with Crippen LogP contribution in [0.15, 0.2) is 0 Å². The second kappa shape index (κ2) is 15.7. The Morgan fingerprint density at radius 1 is 0.548 bits per heavy atom. The minimum Gasteiger partial charge on any atom is -0.301 e. The van der Waals surface area contributed by atoms with Gasteiger partial charge in [0.25, 0.3) is 0 Å².